The van der Waals surface area contributed by atoms with Crippen LogP contribution in [0.25, 0.3) is 6.08 Å². The van der Waals surface area contributed by atoms with Crippen LogP contribution in [0.4, 0.5) is 5.69 Å². The van der Waals surface area contributed by atoms with Crippen molar-refractivity contribution in [1.29, 1.82) is 0 Å². The van der Waals surface area contributed by atoms with Crippen LogP contribution >= 0.6 is 0 Å². The molecule has 2 rings (SSSR count). The van der Waals surface area contributed by atoms with Gasteiger partial charge in [0, 0.05) is 25.9 Å². The van der Waals surface area contributed by atoms with Crippen molar-refractivity contribution in [2.75, 3.05) is 33.1 Å². The number of sulfonamides is 1. The van der Waals surface area contributed by atoms with Gasteiger partial charge in [0.1, 0.15) is 0 Å². The number of methoxy groups -OCH3 is 1. The summed E-state index contributed by atoms with van der Waals surface area (Å²) in [6, 6.07) is 11.5. The molecular formula is C22H28N2O5S. The Balaban J connectivity index is 2.08. The summed E-state index contributed by atoms with van der Waals surface area (Å²) < 4.78 is 36.6. The van der Waals surface area contributed by atoms with Crippen molar-refractivity contribution < 1.29 is 22.7 Å². The molecule has 2 aromatic carbocycles. The Morgan fingerprint density at radius 1 is 1.13 bits per heavy atom. The largest absolute Gasteiger partial charge is 0.493 e. The van der Waals surface area contributed by atoms with Gasteiger partial charge >= 0.3 is 0 Å². The minimum atomic E-state index is -3.57. The lowest BCUT2D eigenvalue weighted by atomic mass is 10.2. The Labute approximate surface area is 178 Å². The number of nitrogens with zero attached hydrogens (tertiary/aromatic N) is 1. The summed E-state index contributed by atoms with van der Waals surface area (Å²) >= 11 is 0. The molecule has 1 amide bonds. The fourth-order valence-electron chi connectivity index (χ4n) is 2.53. The second kappa shape index (κ2) is 10.8. The SMILES string of the molecule is CCCCOc1ccc(/C=C/C(=O)Nc2cccc(S(=O)(=O)N(C)C)c2)cc1OC. The van der Waals surface area contributed by atoms with Crippen molar-refractivity contribution in [2.45, 2.75) is 24.7 Å². The van der Waals surface area contributed by atoms with Gasteiger partial charge in [-0.1, -0.05) is 25.5 Å². The highest BCUT2D eigenvalue weighted by Crippen LogP contribution is 2.28. The van der Waals surface area contributed by atoms with E-state index < -0.39 is 10.0 Å². The molecule has 30 heavy (non-hydrogen) atoms. The van der Waals surface area contributed by atoms with Crippen LogP contribution in [0.5, 0.6) is 11.5 Å². The minimum Gasteiger partial charge on any atom is -0.493 e. The van der Waals surface area contributed by atoms with E-state index in [1.807, 2.05) is 12.1 Å². The van der Waals surface area contributed by atoms with Crippen LogP contribution in [0, 0.1) is 0 Å². The van der Waals surface area contributed by atoms with Crippen molar-refractivity contribution in [2.24, 2.45) is 0 Å². The van der Waals surface area contributed by atoms with E-state index in [1.165, 1.54) is 32.3 Å². The molecule has 0 aromatic heterocycles. The van der Waals surface area contributed by atoms with E-state index in [0.717, 1.165) is 22.7 Å². The maximum Gasteiger partial charge on any atom is 0.248 e. The molecule has 0 fully saturated rings. The molecule has 2 aromatic rings. The lowest BCUT2D eigenvalue weighted by molar-refractivity contribution is -0.111. The van der Waals surface area contributed by atoms with Crippen LogP contribution in [0.15, 0.2) is 53.4 Å². The Morgan fingerprint density at radius 3 is 2.57 bits per heavy atom. The Bertz CT molecular complexity index is 1000. The van der Waals surface area contributed by atoms with Crippen LogP contribution in [0.3, 0.4) is 0 Å². The number of anilines is 1. The van der Waals surface area contributed by atoms with Crippen molar-refractivity contribution in [3.05, 3.63) is 54.1 Å². The molecule has 0 unspecified atom stereocenters. The lowest BCUT2D eigenvalue weighted by Gasteiger charge is -2.12. The van der Waals surface area contributed by atoms with E-state index in [-0.39, 0.29) is 10.8 Å². The first-order valence-electron chi connectivity index (χ1n) is 9.60. The van der Waals surface area contributed by atoms with Gasteiger partial charge in [0.15, 0.2) is 11.5 Å². The summed E-state index contributed by atoms with van der Waals surface area (Å²) in [6.07, 6.45) is 5.03. The Morgan fingerprint density at radius 2 is 1.90 bits per heavy atom. The van der Waals surface area contributed by atoms with Crippen molar-refractivity contribution in [3.8, 4) is 11.5 Å². The van der Waals surface area contributed by atoms with Crippen LogP contribution in [0.1, 0.15) is 25.3 Å². The first-order valence-corrected chi connectivity index (χ1v) is 11.0. The molecule has 0 heterocycles. The number of carbonyl (C=O) groups is 1. The number of hydrogen-bond donors (Lipinski definition) is 1. The van der Waals surface area contributed by atoms with Gasteiger partial charge in [-0.15, -0.1) is 0 Å². The quantitative estimate of drug-likeness (QED) is 0.456. The van der Waals surface area contributed by atoms with E-state index in [9.17, 15) is 13.2 Å². The zero-order valence-corrected chi connectivity index (χ0v) is 18.5. The Hall–Kier alpha value is -2.84. The minimum absolute atomic E-state index is 0.109. The van der Waals surface area contributed by atoms with Gasteiger partial charge in [0.05, 0.1) is 18.6 Å². The van der Waals surface area contributed by atoms with E-state index in [0.29, 0.717) is 23.8 Å². The number of benzene rings is 2. The second-order valence-electron chi connectivity index (χ2n) is 6.75. The van der Waals surface area contributed by atoms with Gasteiger partial charge in [-0.25, -0.2) is 12.7 Å². The molecule has 1 N–H and O–H groups in total. The molecule has 162 valence electrons. The first-order chi connectivity index (χ1) is 14.3. The van der Waals surface area contributed by atoms with Gasteiger partial charge in [-0.2, -0.15) is 0 Å². The zero-order valence-electron chi connectivity index (χ0n) is 17.7. The zero-order chi connectivity index (χ0) is 22.1. The summed E-state index contributed by atoms with van der Waals surface area (Å²) in [5.41, 5.74) is 1.17. The highest BCUT2D eigenvalue weighted by Gasteiger charge is 2.17. The molecule has 0 aliphatic carbocycles. The van der Waals surface area contributed by atoms with Crippen molar-refractivity contribution in [3.63, 3.8) is 0 Å². The summed E-state index contributed by atoms with van der Waals surface area (Å²) in [5.74, 6) is 0.873. The number of nitrogens with one attached hydrogen (secondary N) is 1. The molecule has 0 saturated carbocycles. The van der Waals surface area contributed by atoms with Gasteiger partial charge in [-0.05, 0) is 48.4 Å². The van der Waals surface area contributed by atoms with Gasteiger partial charge in [0.2, 0.25) is 15.9 Å². The summed E-state index contributed by atoms with van der Waals surface area (Å²) in [4.78, 5) is 12.4. The molecule has 7 nitrogen and oxygen atoms in total. The highest BCUT2D eigenvalue weighted by molar-refractivity contribution is 7.89. The number of ether oxygens (including phenoxy) is 2. The van der Waals surface area contributed by atoms with Gasteiger partial charge in [-0.3, -0.25) is 4.79 Å². The van der Waals surface area contributed by atoms with Crippen molar-refractivity contribution in [1.82, 2.24) is 4.31 Å². The summed E-state index contributed by atoms with van der Waals surface area (Å²) in [6.45, 7) is 2.71. The standard InChI is InChI=1S/C22H28N2O5S/c1-5-6-14-29-20-12-10-17(15-21(20)28-4)11-13-22(25)23-18-8-7-9-19(16-18)30(26,27)24(2)3/h7-13,15-16H,5-6,14H2,1-4H3,(H,23,25)/b13-11+. The van der Waals surface area contributed by atoms with Crippen molar-refractivity contribution >= 4 is 27.7 Å². The third-order valence-corrected chi connectivity index (χ3v) is 6.06. The average Bonchev–Trinajstić information content (AvgIpc) is 2.73. The molecule has 0 aliphatic rings. The van der Waals surface area contributed by atoms with Crippen LogP contribution < -0.4 is 14.8 Å². The number of unbranched alkanes of at least 4 members (excludes halogenated alkanes) is 1. The maximum absolute atomic E-state index is 12.3. The maximum atomic E-state index is 12.3. The Kier molecular flexibility index (Phi) is 8.44. The third kappa shape index (κ3) is 6.33. The predicted molar refractivity (Wildman–Crippen MR) is 118 cm³/mol. The molecule has 0 bridgehead atoms. The van der Waals surface area contributed by atoms with E-state index >= 15 is 0 Å². The lowest BCUT2D eigenvalue weighted by Crippen LogP contribution is -2.22. The molecule has 0 aliphatic heterocycles. The predicted octanol–water partition coefficient (Wildman–Crippen LogP) is 3.78. The molecule has 0 atom stereocenters. The van der Waals surface area contributed by atoms with Crippen LogP contribution in [-0.4, -0.2) is 46.4 Å². The summed E-state index contributed by atoms with van der Waals surface area (Å²) in [7, 11) is 0.906. The van der Waals surface area contributed by atoms with E-state index in [1.54, 1.807) is 31.4 Å². The van der Waals surface area contributed by atoms with E-state index in [4.69, 9.17) is 9.47 Å². The van der Waals surface area contributed by atoms with E-state index in [2.05, 4.69) is 12.2 Å². The number of amides is 1. The highest BCUT2D eigenvalue weighted by atomic mass is 32.2. The first kappa shape index (κ1) is 23.4. The molecule has 0 spiro atoms. The molecule has 8 heteroatoms. The van der Waals surface area contributed by atoms with Crippen LogP contribution in [0.2, 0.25) is 0 Å². The molecular weight excluding hydrogens is 404 g/mol. The normalized spacial score (nSPS) is 11.6. The number of hydrogen-bond acceptors (Lipinski definition) is 5. The smallest absolute Gasteiger partial charge is 0.248 e. The average molecular weight is 433 g/mol. The fraction of sp³-hybridized carbons (Fsp3) is 0.318. The summed E-state index contributed by atoms with van der Waals surface area (Å²) in [5, 5.41) is 2.67. The molecule has 0 saturated heterocycles. The van der Waals surface area contributed by atoms with Gasteiger partial charge < -0.3 is 14.8 Å². The monoisotopic (exact) mass is 432 g/mol. The topological polar surface area (TPSA) is 84.9 Å². The fourth-order valence-corrected chi connectivity index (χ4v) is 3.48. The van der Waals surface area contributed by atoms with Gasteiger partial charge in [0.25, 0.3) is 0 Å². The number of rotatable bonds is 10. The second-order valence-corrected chi connectivity index (χ2v) is 8.90. The van der Waals surface area contributed by atoms with Crippen LogP contribution in [-0.2, 0) is 14.8 Å². The third-order valence-electron chi connectivity index (χ3n) is 4.25. The number of carbonyl (C=O) groups excluding carboxylic acids is 1. The molecule has 0 radical (unpaired) electrons.